The van der Waals surface area contributed by atoms with Gasteiger partial charge in [-0.05, 0) is 36.1 Å². The molecule has 0 saturated heterocycles. The number of benzene rings is 1. The lowest BCUT2D eigenvalue weighted by molar-refractivity contribution is -0.136. The van der Waals surface area contributed by atoms with Crippen molar-refractivity contribution in [2.45, 2.75) is 39.7 Å². The van der Waals surface area contributed by atoms with Crippen molar-refractivity contribution in [1.29, 1.82) is 0 Å². The van der Waals surface area contributed by atoms with Gasteiger partial charge >= 0.3 is 5.97 Å². The molecule has 0 fully saturated rings. The average molecular weight is 363 g/mol. The summed E-state index contributed by atoms with van der Waals surface area (Å²) in [5, 5.41) is 0. The largest absolute Gasteiger partial charge is 0.462 e. The Labute approximate surface area is 160 Å². The molecule has 140 valence electrons. The Morgan fingerprint density at radius 3 is 2.56 bits per heavy atom. The van der Waals surface area contributed by atoms with Gasteiger partial charge in [0.05, 0.1) is 23.6 Å². The molecule has 0 atom stereocenters. The van der Waals surface area contributed by atoms with E-state index in [1.54, 1.807) is 6.08 Å². The quantitative estimate of drug-likeness (QED) is 0.506. The lowest BCUT2D eigenvalue weighted by Gasteiger charge is -2.09. The molecule has 1 aromatic heterocycles. The van der Waals surface area contributed by atoms with Crippen LogP contribution in [0.2, 0.25) is 0 Å². The van der Waals surface area contributed by atoms with Gasteiger partial charge in [-0.3, -0.25) is 4.79 Å². The molecule has 2 heterocycles. The lowest BCUT2D eigenvalue weighted by atomic mass is 10.0. The summed E-state index contributed by atoms with van der Waals surface area (Å²) in [5.74, 6) is -0.331. The van der Waals surface area contributed by atoms with Crippen LogP contribution in [0.1, 0.15) is 59.6 Å². The molecule has 1 aliphatic rings. The Bertz CT molecular complexity index is 900. The van der Waals surface area contributed by atoms with Gasteiger partial charge < -0.3 is 9.30 Å². The number of nitrogens with zero attached hydrogens (tertiary/aromatic N) is 1. The van der Waals surface area contributed by atoms with E-state index in [9.17, 15) is 9.59 Å². The minimum atomic E-state index is -0.314. The highest BCUT2D eigenvalue weighted by atomic mass is 16.5. The Morgan fingerprint density at radius 2 is 1.93 bits per heavy atom. The van der Waals surface area contributed by atoms with Gasteiger partial charge in [0.25, 0.3) is 0 Å². The van der Waals surface area contributed by atoms with Crippen LogP contribution < -0.4 is 0 Å². The third-order valence-corrected chi connectivity index (χ3v) is 4.73. The highest BCUT2D eigenvalue weighted by Gasteiger charge is 2.29. The highest BCUT2D eigenvalue weighted by Crippen LogP contribution is 2.31. The number of fused-ring (bicyclic) bond motifs is 1. The van der Waals surface area contributed by atoms with E-state index in [0.29, 0.717) is 30.0 Å². The molecular weight excluding hydrogens is 338 g/mol. The maximum Gasteiger partial charge on any atom is 0.339 e. The summed E-state index contributed by atoms with van der Waals surface area (Å²) in [4.78, 5) is 25.6. The number of rotatable bonds is 8. The minimum absolute atomic E-state index is 0.0168. The zero-order valence-electron chi connectivity index (χ0n) is 16.0. The van der Waals surface area contributed by atoms with Crippen molar-refractivity contribution in [2.24, 2.45) is 0 Å². The van der Waals surface area contributed by atoms with E-state index >= 15 is 0 Å². The number of hydrogen-bond donors (Lipinski definition) is 0. The standard InChI is InChI=1S/C23H25NO3/c1-4-7-18-15-20-19(23(26)27-14-5-2)12-13-24(20)21(18)22(25)17-10-8-16(6-3)9-11-17/h6,8-12,15H,3-5,7,13-14H2,1-2H3. The SMILES string of the molecule is C=Cc1ccc(C(=O)c2c(CCC)cc3n2CC=C3C(=O)OCCC)cc1. The van der Waals surface area contributed by atoms with Crippen LogP contribution in [0.25, 0.3) is 11.6 Å². The minimum Gasteiger partial charge on any atom is -0.462 e. The maximum absolute atomic E-state index is 13.2. The summed E-state index contributed by atoms with van der Waals surface area (Å²) in [7, 11) is 0. The summed E-state index contributed by atoms with van der Waals surface area (Å²) in [6.45, 7) is 8.72. The van der Waals surface area contributed by atoms with E-state index in [4.69, 9.17) is 4.74 Å². The van der Waals surface area contributed by atoms with Crippen molar-refractivity contribution < 1.29 is 14.3 Å². The van der Waals surface area contributed by atoms with Crippen LogP contribution in [0.3, 0.4) is 0 Å². The predicted molar refractivity (Wildman–Crippen MR) is 108 cm³/mol. The van der Waals surface area contributed by atoms with E-state index < -0.39 is 0 Å². The number of aryl methyl sites for hydroxylation is 1. The molecule has 0 unspecified atom stereocenters. The fourth-order valence-electron chi connectivity index (χ4n) is 3.40. The van der Waals surface area contributed by atoms with Crippen molar-refractivity contribution >= 4 is 23.4 Å². The van der Waals surface area contributed by atoms with Crippen LogP contribution in [0.5, 0.6) is 0 Å². The number of hydrogen-bond acceptors (Lipinski definition) is 3. The first-order valence-electron chi connectivity index (χ1n) is 9.47. The molecule has 0 aliphatic carbocycles. The van der Waals surface area contributed by atoms with Crippen LogP contribution in [-0.2, 0) is 22.5 Å². The second-order valence-corrected chi connectivity index (χ2v) is 6.67. The van der Waals surface area contributed by atoms with Gasteiger partial charge in [-0.2, -0.15) is 0 Å². The molecule has 4 heteroatoms. The molecule has 3 rings (SSSR count). The number of ether oxygens (including phenoxy) is 1. The lowest BCUT2D eigenvalue weighted by Crippen LogP contribution is -2.12. The topological polar surface area (TPSA) is 48.3 Å². The number of aromatic nitrogens is 1. The zero-order valence-corrected chi connectivity index (χ0v) is 16.0. The van der Waals surface area contributed by atoms with Crippen molar-refractivity contribution in [3.8, 4) is 0 Å². The monoisotopic (exact) mass is 363 g/mol. The molecule has 27 heavy (non-hydrogen) atoms. The Morgan fingerprint density at radius 1 is 1.19 bits per heavy atom. The molecule has 1 aliphatic heterocycles. The first kappa shape index (κ1) is 18.9. The maximum atomic E-state index is 13.2. The second kappa shape index (κ2) is 8.21. The van der Waals surface area contributed by atoms with Gasteiger partial charge in [0.1, 0.15) is 0 Å². The van der Waals surface area contributed by atoms with Crippen LogP contribution in [0.15, 0.2) is 43.0 Å². The summed E-state index contributed by atoms with van der Waals surface area (Å²) in [6, 6.07) is 9.40. The number of ketones is 1. The first-order valence-corrected chi connectivity index (χ1v) is 9.47. The van der Waals surface area contributed by atoms with Crippen LogP contribution in [0, 0.1) is 0 Å². The average Bonchev–Trinajstić information content (AvgIpc) is 3.24. The van der Waals surface area contributed by atoms with E-state index in [-0.39, 0.29) is 11.8 Å². The summed E-state index contributed by atoms with van der Waals surface area (Å²) >= 11 is 0. The van der Waals surface area contributed by atoms with Crippen molar-refractivity contribution in [3.05, 3.63) is 71.1 Å². The summed E-state index contributed by atoms with van der Waals surface area (Å²) in [5.41, 5.74) is 4.61. The van der Waals surface area contributed by atoms with Crippen LogP contribution in [0.4, 0.5) is 0 Å². The molecule has 0 N–H and O–H groups in total. The van der Waals surface area contributed by atoms with Crippen molar-refractivity contribution in [2.75, 3.05) is 6.61 Å². The van der Waals surface area contributed by atoms with Crippen LogP contribution >= 0.6 is 0 Å². The molecule has 1 aromatic carbocycles. The van der Waals surface area contributed by atoms with Crippen LogP contribution in [-0.4, -0.2) is 22.9 Å². The fourth-order valence-corrected chi connectivity index (χ4v) is 3.40. The normalized spacial score (nSPS) is 12.4. The Kier molecular flexibility index (Phi) is 5.75. The number of esters is 1. The molecule has 0 amide bonds. The van der Waals surface area contributed by atoms with Gasteiger partial charge in [0, 0.05) is 12.1 Å². The first-order chi connectivity index (χ1) is 13.1. The van der Waals surface area contributed by atoms with Gasteiger partial charge in [-0.15, -0.1) is 0 Å². The van der Waals surface area contributed by atoms with E-state index in [2.05, 4.69) is 13.5 Å². The smallest absolute Gasteiger partial charge is 0.339 e. The molecule has 0 spiro atoms. The van der Waals surface area contributed by atoms with E-state index in [1.165, 1.54) is 0 Å². The van der Waals surface area contributed by atoms with Gasteiger partial charge in [0.15, 0.2) is 0 Å². The third kappa shape index (κ3) is 3.65. The third-order valence-electron chi connectivity index (χ3n) is 4.73. The molecule has 4 nitrogen and oxygen atoms in total. The van der Waals surface area contributed by atoms with E-state index in [1.807, 2.05) is 47.9 Å². The number of carbonyl (C=O) groups excluding carboxylic acids is 2. The highest BCUT2D eigenvalue weighted by molar-refractivity contribution is 6.18. The molecule has 2 aromatic rings. The molecule has 0 saturated carbocycles. The molecule has 0 radical (unpaired) electrons. The van der Waals surface area contributed by atoms with Crippen molar-refractivity contribution in [1.82, 2.24) is 4.57 Å². The Balaban J connectivity index is 1.97. The van der Waals surface area contributed by atoms with Gasteiger partial charge in [-0.1, -0.05) is 57.2 Å². The number of allylic oxidation sites excluding steroid dienone is 1. The van der Waals surface area contributed by atoms with E-state index in [0.717, 1.165) is 36.1 Å². The predicted octanol–water partition coefficient (Wildman–Crippen LogP) is 4.66. The Hall–Kier alpha value is -2.88. The summed E-state index contributed by atoms with van der Waals surface area (Å²) < 4.78 is 7.24. The second-order valence-electron chi connectivity index (χ2n) is 6.67. The van der Waals surface area contributed by atoms with Gasteiger partial charge in [-0.25, -0.2) is 4.79 Å². The molecular formula is C23H25NO3. The van der Waals surface area contributed by atoms with Crippen molar-refractivity contribution in [3.63, 3.8) is 0 Å². The molecule has 0 bridgehead atoms. The fraction of sp³-hybridized carbons (Fsp3) is 0.304. The zero-order chi connectivity index (χ0) is 19.4. The summed E-state index contributed by atoms with van der Waals surface area (Å²) in [6.07, 6.45) is 6.11. The number of carbonyl (C=O) groups is 2. The van der Waals surface area contributed by atoms with Gasteiger partial charge in [0.2, 0.25) is 5.78 Å².